The van der Waals surface area contributed by atoms with Crippen LogP contribution in [-0.2, 0) is 13.9 Å². The van der Waals surface area contributed by atoms with Crippen molar-refractivity contribution in [3.8, 4) is 0 Å². The molecule has 0 atom stereocenters. The molecular weight excluding hydrogens is 160 g/mol. The Hall–Kier alpha value is -0.743. The van der Waals surface area contributed by atoms with Crippen molar-refractivity contribution in [3.05, 3.63) is 24.3 Å². The minimum absolute atomic E-state index is 0.489. The second kappa shape index (κ2) is 7.36. The van der Waals surface area contributed by atoms with Crippen molar-refractivity contribution < 1.29 is 13.9 Å². The molecule has 0 aromatic rings. The van der Waals surface area contributed by atoms with Crippen LogP contribution in [0, 0.1) is 0 Å². The third-order valence-electron chi connectivity index (χ3n) is 1.01. The van der Waals surface area contributed by atoms with E-state index >= 15 is 0 Å². The molecule has 0 saturated heterocycles. The molecule has 0 aromatic heterocycles. The Morgan fingerprint density at radius 2 is 2.09 bits per heavy atom. The van der Waals surface area contributed by atoms with E-state index in [1.54, 1.807) is 20.3 Å². The van der Waals surface area contributed by atoms with Gasteiger partial charge in [0.05, 0.1) is 20.8 Å². The van der Waals surface area contributed by atoms with Crippen LogP contribution in [0.3, 0.4) is 0 Å². The number of ether oxygens (including phenoxy) is 2. The van der Waals surface area contributed by atoms with Crippen LogP contribution < -0.4 is 0 Å². The summed E-state index contributed by atoms with van der Waals surface area (Å²) in [6, 6.07) is 0. The zero-order valence-corrected chi connectivity index (χ0v) is 8.41. The lowest BCUT2D eigenvalue weighted by Gasteiger charge is -2.02. The quantitative estimate of drug-likeness (QED) is 0.331. The summed E-state index contributed by atoms with van der Waals surface area (Å²) in [5.41, 5.74) is 1.83. The van der Waals surface area contributed by atoms with Crippen LogP contribution in [0.25, 0.3) is 0 Å². The van der Waals surface area contributed by atoms with E-state index in [2.05, 4.69) is 6.58 Å². The zero-order chi connectivity index (χ0) is 8.53. The van der Waals surface area contributed by atoms with Gasteiger partial charge in [-0.2, -0.15) is 0 Å². The maximum absolute atomic E-state index is 5.20. The van der Waals surface area contributed by atoms with E-state index in [0.29, 0.717) is 12.6 Å². The molecule has 0 aliphatic rings. The Morgan fingerprint density at radius 3 is 2.55 bits per heavy atom. The van der Waals surface area contributed by atoms with Gasteiger partial charge >= 0.3 is 0 Å². The van der Waals surface area contributed by atoms with Crippen molar-refractivity contribution in [1.82, 2.24) is 0 Å². The fourth-order valence-corrected chi connectivity index (χ4v) is 0.949. The van der Waals surface area contributed by atoms with Gasteiger partial charge in [0.2, 0.25) is 0 Å². The van der Waals surface area contributed by atoms with E-state index in [1.165, 1.54) is 0 Å². The summed E-state index contributed by atoms with van der Waals surface area (Å²) >= 11 is 0. The van der Waals surface area contributed by atoms with Crippen LogP contribution in [-0.4, -0.2) is 30.6 Å². The van der Waals surface area contributed by atoms with Crippen molar-refractivity contribution in [1.29, 1.82) is 0 Å². The molecule has 0 aliphatic heterocycles. The molecule has 0 unspecified atom stereocenters. The van der Waals surface area contributed by atoms with E-state index < -0.39 is 9.76 Å². The largest absolute Gasteiger partial charge is 0.469 e. The maximum Gasteiger partial charge on any atom is 0.276 e. The first-order chi connectivity index (χ1) is 5.35. The first kappa shape index (κ1) is 10.3. The second-order valence-corrected chi connectivity index (χ2v) is 3.08. The van der Waals surface area contributed by atoms with E-state index in [1.807, 2.05) is 5.70 Å². The molecule has 0 saturated carbocycles. The van der Waals surface area contributed by atoms with Crippen LogP contribution in [0.4, 0.5) is 0 Å². The van der Waals surface area contributed by atoms with Crippen LogP contribution in [0.15, 0.2) is 24.3 Å². The number of rotatable bonds is 6. The number of hydrogen-bond donors (Lipinski definition) is 0. The molecule has 0 fully saturated rings. The van der Waals surface area contributed by atoms with E-state index in [4.69, 9.17) is 13.9 Å². The van der Waals surface area contributed by atoms with Gasteiger partial charge in [-0.15, -0.1) is 6.58 Å². The van der Waals surface area contributed by atoms with Gasteiger partial charge in [-0.3, -0.25) is 0 Å². The first-order valence-corrected chi connectivity index (χ1v) is 4.71. The molecule has 0 rings (SSSR count). The lowest BCUT2D eigenvalue weighted by Crippen LogP contribution is -1.97. The minimum Gasteiger partial charge on any atom is -0.469 e. The summed E-state index contributed by atoms with van der Waals surface area (Å²) in [6.07, 6.45) is 1.75. The Labute approximate surface area is 69.6 Å². The molecule has 0 heterocycles. The van der Waals surface area contributed by atoms with Crippen molar-refractivity contribution >= 4 is 9.76 Å². The van der Waals surface area contributed by atoms with Crippen molar-refractivity contribution in [2.45, 2.75) is 0 Å². The molecule has 0 bridgehead atoms. The van der Waals surface area contributed by atoms with Crippen LogP contribution >= 0.6 is 0 Å². The molecule has 11 heavy (non-hydrogen) atoms. The normalized spacial score (nSPS) is 9.64. The molecule has 0 aromatic carbocycles. The summed E-state index contributed by atoms with van der Waals surface area (Å²) in [7, 11) is 2.58. The smallest absolute Gasteiger partial charge is 0.276 e. The standard InChI is InChI=1S/C7H14O3Si/c1-4-11-10-6-5-7(8-2)9-3/h4-5H,1,6,11H2,2-3H3. The monoisotopic (exact) mass is 174 g/mol. The van der Waals surface area contributed by atoms with E-state index in [-0.39, 0.29) is 0 Å². The SMILES string of the molecule is C=C[SiH2]OCC=C(OC)OC. The fourth-order valence-electron chi connectivity index (χ4n) is 0.528. The Kier molecular flexibility index (Phi) is 6.87. The summed E-state index contributed by atoms with van der Waals surface area (Å²) < 4.78 is 14.9. The molecule has 0 amide bonds. The first-order valence-electron chi connectivity index (χ1n) is 3.32. The van der Waals surface area contributed by atoms with Gasteiger partial charge < -0.3 is 13.9 Å². The molecule has 0 N–H and O–H groups in total. The predicted octanol–water partition coefficient (Wildman–Crippen LogP) is 0.364. The highest BCUT2D eigenvalue weighted by Crippen LogP contribution is 1.94. The third kappa shape index (κ3) is 5.69. The van der Waals surface area contributed by atoms with Crippen LogP contribution in [0.1, 0.15) is 0 Å². The molecular formula is C7H14O3Si. The minimum atomic E-state index is -0.528. The molecule has 4 heteroatoms. The van der Waals surface area contributed by atoms with Crippen molar-refractivity contribution in [2.75, 3.05) is 20.8 Å². The Morgan fingerprint density at radius 1 is 1.45 bits per heavy atom. The average molecular weight is 174 g/mol. The van der Waals surface area contributed by atoms with Crippen LogP contribution in [0.5, 0.6) is 0 Å². The second-order valence-electron chi connectivity index (χ2n) is 1.76. The van der Waals surface area contributed by atoms with Gasteiger partial charge in [0.25, 0.3) is 5.95 Å². The van der Waals surface area contributed by atoms with Gasteiger partial charge in [-0.1, -0.05) is 5.70 Å². The van der Waals surface area contributed by atoms with E-state index in [9.17, 15) is 0 Å². The van der Waals surface area contributed by atoms with Crippen molar-refractivity contribution in [3.63, 3.8) is 0 Å². The maximum atomic E-state index is 5.20. The fraction of sp³-hybridized carbons (Fsp3) is 0.429. The predicted molar refractivity (Wildman–Crippen MR) is 46.8 cm³/mol. The molecule has 64 valence electrons. The van der Waals surface area contributed by atoms with Gasteiger partial charge in [0, 0.05) is 6.08 Å². The zero-order valence-electron chi connectivity index (χ0n) is 7.00. The highest BCUT2D eigenvalue weighted by molar-refractivity contribution is 6.34. The molecule has 0 aliphatic carbocycles. The summed E-state index contributed by atoms with van der Waals surface area (Å²) in [5.74, 6) is 0.489. The lowest BCUT2D eigenvalue weighted by molar-refractivity contribution is 0.0923. The van der Waals surface area contributed by atoms with E-state index in [0.717, 1.165) is 0 Å². The lowest BCUT2D eigenvalue weighted by atomic mass is 10.6. The van der Waals surface area contributed by atoms with Gasteiger partial charge in [0.15, 0.2) is 9.76 Å². The Bertz CT molecular complexity index is 128. The van der Waals surface area contributed by atoms with Crippen molar-refractivity contribution in [2.24, 2.45) is 0 Å². The number of methoxy groups -OCH3 is 2. The summed E-state index contributed by atoms with van der Waals surface area (Å²) in [6.45, 7) is 4.11. The average Bonchev–Trinajstić information content (AvgIpc) is 2.05. The highest BCUT2D eigenvalue weighted by atomic mass is 28.2. The summed E-state index contributed by atoms with van der Waals surface area (Å²) in [4.78, 5) is 0. The topological polar surface area (TPSA) is 27.7 Å². The molecule has 0 radical (unpaired) electrons. The van der Waals surface area contributed by atoms with Gasteiger partial charge in [-0.05, 0) is 0 Å². The molecule has 3 nitrogen and oxygen atoms in total. The van der Waals surface area contributed by atoms with Gasteiger partial charge in [-0.25, -0.2) is 0 Å². The Balaban J connectivity index is 3.44. The summed E-state index contributed by atoms with van der Waals surface area (Å²) in [5, 5.41) is 0. The van der Waals surface area contributed by atoms with Gasteiger partial charge in [0.1, 0.15) is 0 Å². The van der Waals surface area contributed by atoms with Crippen LogP contribution in [0.2, 0.25) is 0 Å². The number of hydrogen-bond acceptors (Lipinski definition) is 3. The highest BCUT2D eigenvalue weighted by Gasteiger charge is 1.90. The molecule has 0 spiro atoms. The third-order valence-corrected chi connectivity index (χ3v) is 1.71.